The van der Waals surface area contributed by atoms with Gasteiger partial charge in [0.15, 0.2) is 10.0 Å². The highest BCUT2D eigenvalue weighted by atomic mass is 32.2. The first-order valence-corrected chi connectivity index (χ1v) is 16.4. The Morgan fingerprint density at radius 1 is 1.20 bits per heavy atom. The van der Waals surface area contributed by atoms with Gasteiger partial charge in [0, 0.05) is 31.1 Å². The highest BCUT2D eigenvalue weighted by Crippen LogP contribution is 2.41. The number of hydrogen-bond donors (Lipinski definition) is 1. The molecule has 2 aromatic heterocycles. The van der Waals surface area contributed by atoms with Gasteiger partial charge in [-0.1, -0.05) is 31.3 Å². The number of aromatic nitrogens is 4. The number of rotatable bonds is 9. The molecule has 1 aromatic carbocycles. The number of nitrogens with zero attached hydrogens (tertiary/aromatic N) is 6. The molecule has 0 amide bonds. The Bertz CT molecular complexity index is 1770. The minimum Gasteiger partial charge on any atom is -0.292 e. The monoisotopic (exact) mass is 611 g/mol. The van der Waals surface area contributed by atoms with E-state index >= 15 is 0 Å². The minimum absolute atomic E-state index is 0.0240. The highest BCUT2D eigenvalue weighted by molar-refractivity contribution is 7.89. The van der Waals surface area contributed by atoms with Gasteiger partial charge in [0.1, 0.15) is 5.69 Å². The van der Waals surface area contributed by atoms with Crippen LogP contribution in [0.2, 0.25) is 0 Å². The molecule has 0 spiro atoms. The third kappa shape index (κ3) is 5.40. The minimum atomic E-state index is -4.15. The van der Waals surface area contributed by atoms with Gasteiger partial charge in [-0.2, -0.15) is 9.40 Å². The van der Waals surface area contributed by atoms with Crippen LogP contribution in [0.4, 0.5) is 8.78 Å². The van der Waals surface area contributed by atoms with E-state index in [1.54, 1.807) is 13.1 Å². The zero-order chi connectivity index (χ0) is 29.0. The van der Waals surface area contributed by atoms with Crippen molar-refractivity contribution in [3.8, 4) is 10.7 Å². The van der Waals surface area contributed by atoms with Crippen LogP contribution in [0.5, 0.6) is 0 Å². The smallest absolute Gasteiger partial charge is 0.292 e. The van der Waals surface area contributed by atoms with Crippen LogP contribution < -0.4 is 4.72 Å². The lowest BCUT2D eigenvalue weighted by Gasteiger charge is -2.27. The van der Waals surface area contributed by atoms with E-state index in [2.05, 4.69) is 24.9 Å². The standard InChI is InChI=1S/C24H27F2N7O4S3/c1-14(2)13-39(34,35)33-9-5-15(6-10-33)17-11-16(40(36,37)31-24(27-3)7-8-24)12-18-19(30-32(4)20(17)18)22-28-29-23(38-22)21(25)26/h5,11-12,14,21,31H,6-10,13H2,1-2,4H3. The van der Waals surface area contributed by atoms with E-state index in [9.17, 15) is 25.6 Å². The first-order chi connectivity index (χ1) is 18.7. The number of fused-ring (bicyclic) bond motifs is 1. The molecule has 0 atom stereocenters. The summed E-state index contributed by atoms with van der Waals surface area (Å²) in [6, 6.07) is 2.89. The van der Waals surface area contributed by atoms with E-state index in [1.165, 1.54) is 21.1 Å². The molecular formula is C24H27F2N7O4S3. The van der Waals surface area contributed by atoms with E-state index in [4.69, 9.17) is 6.57 Å². The quantitative estimate of drug-likeness (QED) is 0.364. The predicted octanol–water partition coefficient (Wildman–Crippen LogP) is 3.79. The van der Waals surface area contributed by atoms with Gasteiger partial charge in [-0.15, -0.1) is 14.9 Å². The van der Waals surface area contributed by atoms with Crippen molar-refractivity contribution in [2.75, 3.05) is 18.8 Å². The fourth-order valence-electron chi connectivity index (χ4n) is 4.71. The molecule has 214 valence electrons. The van der Waals surface area contributed by atoms with E-state index in [0.717, 1.165) is 5.57 Å². The summed E-state index contributed by atoms with van der Waals surface area (Å²) in [6.45, 7) is 11.4. The van der Waals surface area contributed by atoms with Crippen LogP contribution in [-0.2, 0) is 27.1 Å². The molecule has 1 saturated carbocycles. The normalized spacial score (nSPS) is 17.9. The maximum Gasteiger partial charge on any atom is 0.299 e. The van der Waals surface area contributed by atoms with Crippen LogP contribution in [0.3, 0.4) is 0 Å². The van der Waals surface area contributed by atoms with Crippen molar-refractivity contribution in [1.29, 1.82) is 0 Å². The van der Waals surface area contributed by atoms with E-state index in [0.29, 0.717) is 47.1 Å². The summed E-state index contributed by atoms with van der Waals surface area (Å²) >= 11 is 0.668. The fourth-order valence-corrected chi connectivity index (χ4v) is 8.54. The van der Waals surface area contributed by atoms with Gasteiger partial charge < -0.3 is 0 Å². The summed E-state index contributed by atoms with van der Waals surface area (Å²) in [4.78, 5) is 3.32. The third-order valence-electron chi connectivity index (χ3n) is 6.77. The zero-order valence-corrected chi connectivity index (χ0v) is 24.4. The second kappa shape index (κ2) is 10.2. The number of hydrogen-bond acceptors (Lipinski definition) is 8. The molecule has 1 aliphatic heterocycles. The number of benzene rings is 1. The lowest BCUT2D eigenvalue weighted by molar-refractivity contribution is 0.150. The Hall–Kier alpha value is -2.84. The Balaban J connectivity index is 1.64. The van der Waals surface area contributed by atoms with Crippen molar-refractivity contribution >= 4 is 47.9 Å². The SMILES string of the molecule is [C-]#[N+]C1(NS(=O)(=O)c2cc(C3=CCN(S(=O)(=O)CC(C)C)CC3)c3c(c2)c(-c2nnc(C(F)F)s2)nn3C)CC1. The first-order valence-electron chi connectivity index (χ1n) is 12.5. The van der Waals surface area contributed by atoms with E-state index < -0.39 is 37.1 Å². The molecule has 1 fully saturated rings. The maximum atomic E-state index is 13.4. The summed E-state index contributed by atoms with van der Waals surface area (Å²) in [7, 11) is -5.96. The van der Waals surface area contributed by atoms with Crippen LogP contribution >= 0.6 is 11.3 Å². The lowest BCUT2D eigenvalue weighted by Crippen LogP contribution is -2.37. The predicted molar refractivity (Wildman–Crippen MR) is 146 cm³/mol. The zero-order valence-electron chi connectivity index (χ0n) is 21.9. The Kier molecular flexibility index (Phi) is 7.32. The van der Waals surface area contributed by atoms with Crippen molar-refractivity contribution in [3.63, 3.8) is 0 Å². The topological polar surface area (TPSA) is 132 Å². The number of nitrogens with one attached hydrogen (secondary N) is 1. The van der Waals surface area contributed by atoms with Gasteiger partial charge >= 0.3 is 0 Å². The molecule has 2 aliphatic rings. The van der Waals surface area contributed by atoms with Crippen molar-refractivity contribution in [1.82, 2.24) is 29.0 Å². The van der Waals surface area contributed by atoms with Crippen molar-refractivity contribution in [2.45, 2.75) is 50.1 Å². The van der Waals surface area contributed by atoms with E-state index in [1.807, 2.05) is 13.8 Å². The number of halogens is 2. The van der Waals surface area contributed by atoms with Crippen LogP contribution in [0.25, 0.3) is 32.0 Å². The maximum absolute atomic E-state index is 13.4. The van der Waals surface area contributed by atoms with Crippen molar-refractivity contribution in [2.24, 2.45) is 13.0 Å². The van der Waals surface area contributed by atoms with Crippen LogP contribution in [0.15, 0.2) is 23.1 Å². The van der Waals surface area contributed by atoms with Gasteiger partial charge in [0.2, 0.25) is 20.0 Å². The molecule has 1 aliphatic carbocycles. The molecule has 0 radical (unpaired) electrons. The Morgan fingerprint density at radius 2 is 1.93 bits per heavy atom. The van der Waals surface area contributed by atoms with Gasteiger partial charge in [-0.05, 0) is 30.0 Å². The molecule has 0 unspecified atom stereocenters. The summed E-state index contributed by atoms with van der Waals surface area (Å²) in [6.07, 6.45) is 0.0621. The van der Waals surface area contributed by atoms with Gasteiger partial charge in [0.05, 0.1) is 29.0 Å². The Labute approximate surface area is 234 Å². The number of sulfonamides is 2. The second-order valence-electron chi connectivity index (χ2n) is 10.3. The summed E-state index contributed by atoms with van der Waals surface area (Å²) < 4.78 is 84.3. The van der Waals surface area contributed by atoms with Crippen LogP contribution in [0, 0.1) is 12.5 Å². The average molecular weight is 612 g/mol. The Morgan fingerprint density at radius 3 is 2.48 bits per heavy atom. The molecule has 40 heavy (non-hydrogen) atoms. The molecule has 1 N–H and O–H groups in total. The van der Waals surface area contributed by atoms with Crippen molar-refractivity contribution in [3.05, 3.63) is 40.2 Å². The third-order valence-corrected chi connectivity index (χ3v) is 11.4. The average Bonchev–Trinajstić information content (AvgIpc) is 3.31. The molecule has 16 heteroatoms. The molecule has 11 nitrogen and oxygen atoms in total. The van der Waals surface area contributed by atoms with Crippen molar-refractivity contribution < 1.29 is 25.6 Å². The molecule has 3 aromatic rings. The lowest BCUT2D eigenvalue weighted by atomic mass is 9.97. The van der Waals surface area contributed by atoms with Gasteiger partial charge in [0.25, 0.3) is 12.1 Å². The second-order valence-corrected chi connectivity index (χ2v) is 15.0. The van der Waals surface area contributed by atoms with Gasteiger partial charge in [-0.25, -0.2) is 32.2 Å². The molecule has 3 heterocycles. The summed E-state index contributed by atoms with van der Waals surface area (Å²) in [5, 5.41) is 11.9. The molecule has 5 rings (SSSR count). The number of alkyl halides is 2. The highest BCUT2D eigenvalue weighted by Gasteiger charge is 2.54. The van der Waals surface area contributed by atoms with Crippen LogP contribution in [0.1, 0.15) is 50.1 Å². The van der Waals surface area contributed by atoms with E-state index in [-0.39, 0.29) is 40.4 Å². The fraction of sp³-hybridized carbons (Fsp3) is 0.500. The molecule has 0 bridgehead atoms. The molecule has 0 saturated heterocycles. The largest absolute Gasteiger partial charge is 0.299 e. The molecular weight excluding hydrogens is 585 g/mol. The first kappa shape index (κ1) is 28.7. The van der Waals surface area contributed by atoms with Gasteiger partial charge in [-0.3, -0.25) is 9.53 Å². The number of aryl methyl sites for hydroxylation is 1. The summed E-state index contributed by atoms with van der Waals surface area (Å²) in [5.41, 5.74) is 0.811. The van der Waals surface area contributed by atoms with Crippen LogP contribution in [-0.4, -0.2) is 65.6 Å². The summed E-state index contributed by atoms with van der Waals surface area (Å²) in [5.74, 6) is -0.00991.